The van der Waals surface area contributed by atoms with Gasteiger partial charge in [0.15, 0.2) is 0 Å². The molecule has 2 aromatic carbocycles. The van der Waals surface area contributed by atoms with Gasteiger partial charge in [0.05, 0.1) is 0 Å². The highest BCUT2D eigenvalue weighted by atomic mass is 32.2. The maximum Gasteiger partial charge on any atom is 0.295 e. The fourth-order valence-corrected chi connectivity index (χ4v) is 3.12. The molecule has 0 saturated heterocycles. The van der Waals surface area contributed by atoms with E-state index in [1.54, 1.807) is 18.2 Å². The SMILES string of the molecule is CCCCc1ccc2ccccc2c1S(=O)(=O)O. The molecule has 0 fully saturated rings. The average Bonchev–Trinajstić information content (AvgIpc) is 2.34. The van der Waals surface area contributed by atoms with Crippen molar-refractivity contribution in [2.75, 3.05) is 0 Å². The number of unbranched alkanes of at least 4 members (excludes halogenated alkanes) is 1. The fraction of sp³-hybridized carbons (Fsp3) is 0.286. The van der Waals surface area contributed by atoms with Crippen molar-refractivity contribution < 1.29 is 13.0 Å². The molecule has 0 aliphatic heterocycles. The van der Waals surface area contributed by atoms with Gasteiger partial charge < -0.3 is 0 Å². The molecular weight excluding hydrogens is 248 g/mol. The molecule has 0 saturated carbocycles. The van der Waals surface area contributed by atoms with E-state index in [1.807, 2.05) is 25.1 Å². The highest BCUT2D eigenvalue weighted by Gasteiger charge is 2.18. The Labute approximate surface area is 107 Å². The smallest absolute Gasteiger partial charge is 0.282 e. The standard InChI is InChI=1S/C14H16O3S/c1-2-3-6-12-10-9-11-7-4-5-8-13(11)14(12)18(15,16)17/h4-5,7-10H,2-3,6H2,1H3,(H,15,16,17). The lowest BCUT2D eigenvalue weighted by molar-refractivity contribution is 0.483. The quantitative estimate of drug-likeness (QED) is 0.861. The molecule has 0 unspecified atom stereocenters. The van der Waals surface area contributed by atoms with Crippen molar-refractivity contribution in [1.82, 2.24) is 0 Å². The summed E-state index contributed by atoms with van der Waals surface area (Å²) in [5.74, 6) is 0. The topological polar surface area (TPSA) is 54.4 Å². The predicted molar refractivity (Wildman–Crippen MR) is 72.4 cm³/mol. The molecule has 2 rings (SSSR count). The van der Waals surface area contributed by atoms with Gasteiger partial charge in [0.25, 0.3) is 10.1 Å². The molecule has 18 heavy (non-hydrogen) atoms. The van der Waals surface area contributed by atoms with E-state index in [0.29, 0.717) is 17.4 Å². The summed E-state index contributed by atoms with van der Waals surface area (Å²) < 4.78 is 32.6. The molecule has 1 N–H and O–H groups in total. The van der Waals surface area contributed by atoms with Crippen LogP contribution in [0.1, 0.15) is 25.3 Å². The Kier molecular flexibility index (Phi) is 3.68. The number of benzene rings is 2. The van der Waals surface area contributed by atoms with Gasteiger partial charge in [-0.25, -0.2) is 0 Å². The second kappa shape index (κ2) is 5.08. The van der Waals surface area contributed by atoms with E-state index in [2.05, 4.69) is 0 Å². The van der Waals surface area contributed by atoms with Crippen molar-refractivity contribution in [3.8, 4) is 0 Å². The van der Waals surface area contributed by atoms with Crippen LogP contribution in [-0.4, -0.2) is 13.0 Å². The summed E-state index contributed by atoms with van der Waals surface area (Å²) in [4.78, 5) is 0.0639. The first-order valence-electron chi connectivity index (χ1n) is 6.02. The summed E-state index contributed by atoms with van der Waals surface area (Å²) in [5.41, 5.74) is 0.693. The lowest BCUT2D eigenvalue weighted by atomic mass is 10.0. The van der Waals surface area contributed by atoms with Gasteiger partial charge in [0, 0.05) is 5.39 Å². The van der Waals surface area contributed by atoms with Gasteiger partial charge in [-0.3, -0.25) is 4.55 Å². The highest BCUT2D eigenvalue weighted by molar-refractivity contribution is 7.86. The summed E-state index contributed by atoms with van der Waals surface area (Å²) in [6.07, 6.45) is 2.55. The van der Waals surface area contributed by atoms with Crippen molar-refractivity contribution in [3.05, 3.63) is 42.0 Å². The van der Waals surface area contributed by atoms with Crippen LogP contribution in [0.2, 0.25) is 0 Å². The second-order valence-corrected chi connectivity index (χ2v) is 5.71. The third-order valence-electron chi connectivity index (χ3n) is 3.02. The van der Waals surface area contributed by atoms with Crippen LogP contribution in [0, 0.1) is 0 Å². The fourth-order valence-electron chi connectivity index (χ4n) is 2.16. The molecular formula is C14H16O3S. The summed E-state index contributed by atoms with van der Waals surface area (Å²) >= 11 is 0. The van der Waals surface area contributed by atoms with Crippen molar-refractivity contribution in [3.63, 3.8) is 0 Å². The van der Waals surface area contributed by atoms with E-state index in [-0.39, 0.29) is 4.90 Å². The lowest BCUT2D eigenvalue weighted by Gasteiger charge is -2.10. The molecule has 2 aromatic rings. The van der Waals surface area contributed by atoms with Gasteiger partial charge >= 0.3 is 0 Å². The van der Waals surface area contributed by atoms with Crippen LogP contribution in [0.3, 0.4) is 0 Å². The Hall–Kier alpha value is -1.39. The van der Waals surface area contributed by atoms with E-state index >= 15 is 0 Å². The van der Waals surface area contributed by atoms with Gasteiger partial charge in [-0.1, -0.05) is 49.7 Å². The Balaban J connectivity index is 2.72. The Bertz CT molecular complexity index is 660. The van der Waals surface area contributed by atoms with Crippen molar-refractivity contribution in [2.45, 2.75) is 31.1 Å². The Morgan fingerprint density at radius 1 is 1.11 bits per heavy atom. The lowest BCUT2D eigenvalue weighted by Crippen LogP contribution is -2.04. The monoisotopic (exact) mass is 264 g/mol. The number of rotatable bonds is 4. The maximum absolute atomic E-state index is 11.6. The van der Waals surface area contributed by atoms with Gasteiger partial charge in [-0.05, 0) is 23.8 Å². The van der Waals surface area contributed by atoms with Crippen LogP contribution in [-0.2, 0) is 16.5 Å². The summed E-state index contributed by atoms with van der Waals surface area (Å²) in [5, 5.41) is 1.42. The molecule has 0 aromatic heterocycles. The van der Waals surface area contributed by atoms with E-state index in [1.165, 1.54) is 0 Å². The third-order valence-corrected chi connectivity index (χ3v) is 4.02. The molecule has 0 aliphatic rings. The van der Waals surface area contributed by atoms with Crippen molar-refractivity contribution >= 4 is 20.9 Å². The van der Waals surface area contributed by atoms with Gasteiger partial charge in [0.2, 0.25) is 0 Å². The van der Waals surface area contributed by atoms with Crippen LogP contribution in [0.5, 0.6) is 0 Å². The average molecular weight is 264 g/mol. The zero-order valence-corrected chi connectivity index (χ0v) is 11.1. The second-order valence-electron chi connectivity index (χ2n) is 4.35. The third kappa shape index (κ3) is 2.54. The van der Waals surface area contributed by atoms with Gasteiger partial charge in [-0.15, -0.1) is 0 Å². The molecule has 3 nitrogen and oxygen atoms in total. The summed E-state index contributed by atoms with van der Waals surface area (Å²) in [7, 11) is -4.19. The molecule has 0 spiro atoms. The number of hydrogen-bond acceptors (Lipinski definition) is 2. The Morgan fingerprint density at radius 2 is 1.83 bits per heavy atom. The minimum Gasteiger partial charge on any atom is -0.282 e. The number of hydrogen-bond donors (Lipinski definition) is 1. The number of fused-ring (bicyclic) bond motifs is 1. The number of aryl methyl sites for hydroxylation is 1. The molecule has 0 radical (unpaired) electrons. The van der Waals surface area contributed by atoms with E-state index in [9.17, 15) is 13.0 Å². The van der Waals surface area contributed by atoms with E-state index < -0.39 is 10.1 Å². The largest absolute Gasteiger partial charge is 0.295 e. The molecule has 0 heterocycles. The Morgan fingerprint density at radius 3 is 2.50 bits per heavy atom. The maximum atomic E-state index is 11.6. The predicted octanol–water partition coefficient (Wildman–Crippen LogP) is 3.43. The summed E-state index contributed by atoms with van der Waals surface area (Å²) in [6, 6.07) is 10.9. The molecule has 0 bridgehead atoms. The first-order chi connectivity index (χ1) is 8.54. The van der Waals surface area contributed by atoms with Crippen molar-refractivity contribution in [2.24, 2.45) is 0 Å². The first-order valence-corrected chi connectivity index (χ1v) is 7.46. The molecule has 0 atom stereocenters. The van der Waals surface area contributed by atoms with E-state index in [0.717, 1.165) is 18.2 Å². The van der Waals surface area contributed by atoms with Crippen LogP contribution in [0.25, 0.3) is 10.8 Å². The normalized spacial score (nSPS) is 11.9. The van der Waals surface area contributed by atoms with Crippen LogP contribution >= 0.6 is 0 Å². The molecule has 0 amide bonds. The minimum absolute atomic E-state index is 0.0639. The highest BCUT2D eigenvalue weighted by Crippen LogP contribution is 2.27. The van der Waals surface area contributed by atoms with E-state index in [4.69, 9.17) is 0 Å². The summed E-state index contributed by atoms with van der Waals surface area (Å²) in [6.45, 7) is 2.05. The van der Waals surface area contributed by atoms with Crippen LogP contribution in [0.15, 0.2) is 41.3 Å². The minimum atomic E-state index is -4.19. The van der Waals surface area contributed by atoms with Gasteiger partial charge in [0.1, 0.15) is 4.90 Å². The molecule has 0 aliphatic carbocycles. The van der Waals surface area contributed by atoms with Crippen molar-refractivity contribution in [1.29, 1.82) is 0 Å². The first kappa shape index (κ1) is 13.1. The zero-order chi connectivity index (χ0) is 13.2. The molecule has 96 valence electrons. The van der Waals surface area contributed by atoms with Gasteiger partial charge in [-0.2, -0.15) is 8.42 Å². The zero-order valence-electron chi connectivity index (χ0n) is 10.3. The van der Waals surface area contributed by atoms with Crippen LogP contribution < -0.4 is 0 Å². The van der Waals surface area contributed by atoms with Crippen LogP contribution in [0.4, 0.5) is 0 Å². The molecule has 4 heteroatoms.